The normalized spacial score (nSPS) is 16.8. The van der Waals surface area contributed by atoms with Crippen LogP contribution in [0.5, 0.6) is 0 Å². The Hall–Kier alpha value is -2.46. The van der Waals surface area contributed by atoms with Gasteiger partial charge in [0.1, 0.15) is 0 Å². The monoisotopic (exact) mass is 281 g/mol. The predicted octanol–water partition coefficient (Wildman–Crippen LogP) is 2.54. The van der Waals surface area contributed by atoms with Gasteiger partial charge in [0.15, 0.2) is 5.72 Å². The molecule has 0 aromatic heterocycles. The van der Waals surface area contributed by atoms with E-state index in [4.69, 9.17) is 0 Å². The van der Waals surface area contributed by atoms with Crippen molar-refractivity contribution >= 4 is 11.8 Å². The van der Waals surface area contributed by atoms with E-state index in [1.807, 2.05) is 6.07 Å². The molecule has 1 unspecified atom stereocenters. The molecule has 0 saturated heterocycles. The van der Waals surface area contributed by atoms with Crippen molar-refractivity contribution in [2.45, 2.75) is 19.1 Å². The van der Waals surface area contributed by atoms with Gasteiger partial charge in [-0.3, -0.25) is 9.59 Å². The molecule has 4 nitrogen and oxygen atoms in total. The lowest BCUT2D eigenvalue weighted by molar-refractivity contribution is -0.0768. The lowest BCUT2D eigenvalue weighted by atomic mass is 9.98. The zero-order chi connectivity index (χ0) is 15.0. The van der Waals surface area contributed by atoms with Gasteiger partial charge in [0.25, 0.3) is 11.8 Å². The lowest BCUT2D eigenvalue weighted by Crippen LogP contribution is -2.49. The maximum Gasteiger partial charge on any atom is 0.264 e. The van der Waals surface area contributed by atoms with Crippen LogP contribution >= 0.6 is 0 Å². The van der Waals surface area contributed by atoms with Crippen LogP contribution < -0.4 is 0 Å². The first-order valence-corrected chi connectivity index (χ1v) is 6.85. The van der Waals surface area contributed by atoms with Gasteiger partial charge < -0.3 is 5.11 Å². The number of hydrogen-bond donors (Lipinski definition) is 1. The van der Waals surface area contributed by atoms with E-state index in [2.05, 4.69) is 0 Å². The first-order chi connectivity index (χ1) is 10.1. The van der Waals surface area contributed by atoms with Gasteiger partial charge in [-0.15, -0.1) is 0 Å². The van der Waals surface area contributed by atoms with Crippen molar-refractivity contribution in [3.05, 3.63) is 71.3 Å². The van der Waals surface area contributed by atoms with Gasteiger partial charge in [-0.2, -0.15) is 0 Å². The quantitative estimate of drug-likeness (QED) is 0.880. The van der Waals surface area contributed by atoms with Crippen molar-refractivity contribution in [1.82, 2.24) is 4.90 Å². The van der Waals surface area contributed by atoms with Crippen molar-refractivity contribution < 1.29 is 14.7 Å². The third kappa shape index (κ3) is 1.87. The molecule has 1 heterocycles. The van der Waals surface area contributed by atoms with Gasteiger partial charge in [-0.1, -0.05) is 49.4 Å². The highest BCUT2D eigenvalue weighted by atomic mass is 16.3. The fraction of sp³-hybridized carbons (Fsp3) is 0.176. The van der Waals surface area contributed by atoms with E-state index in [0.717, 1.165) is 4.90 Å². The minimum absolute atomic E-state index is 0.225. The van der Waals surface area contributed by atoms with E-state index >= 15 is 0 Å². The second-order valence-corrected chi connectivity index (χ2v) is 5.03. The van der Waals surface area contributed by atoms with E-state index in [1.165, 1.54) is 0 Å². The summed E-state index contributed by atoms with van der Waals surface area (Å²) in [6.07, 6.45) is 0.225. The number of fused-ring (bicyclic) bond motifs is 1. The maximum absolute atomic E-state index is 12.5. The topological polar surface area (TPSA) is 57.6 Å². The van der Waals surface area contributed by atoms with Crippen LogP contribution in [0.4, 0.5) is 0 Å². The van der Waals surface area contributed by atoms with Crippen LogP contribution in [0, 0.1) is 0 Å². The standard InChI is InChI=1S/C17H15NO3/c1-2-17(21,12-8-4-3-5-9-12)18-15(19)13-10-6-7-11-14(13)16(18)20/h3-11,21H,2H2,1H3. The van der Waals surface area contributed by atoms with Crippen LogP contribution in [0.3, 0.4) is 0 Å². The van der Waals surface area contributed by atoms with Crippen LogP contribution in [0.2, 0.25) is 0 Å². The smallest absolute Gasteiger partial charge is 0.264 e. The van der Waals surface area contributed by atoms with E-state index < -0.39 is 17.5 Å². The number of imide groups is 1. The zero-order valence-corrected chi connectivity index (χ0v) is 11.6. The van der Waals surface area contributed by atoms with Gasteiger partial charge in [0, 0.05) is 5.56 Å². The summed E-state index contributed by atoms with van der Waals surface area (Å²) >= 11 is 0. The van der Waals surface area contributed by atoms with Crippen LogP contribution in [0.25, 0.3) is 0 Å². The zero-order valence-electron chi connectivity index (χ0n) is 11.6. The summed E-state index contributed by atoms with van der Waals surface area (Å²) in [5.41, 5.74) is -0.424. The number of rotatable bonds is 3. The summed E-state index contributed by atoms with van der Waals surface area (Å²) in [4.78, 5) is 26.0. The van der Waals surface area contributed by atoms with E-state index in [0.29, 0.717) is 16.7 Å². The van der Waals surface area contributed by atoms with Crippen LogP contribution in [0.1, 0.15) is 39.6 Å². The molecule has 21 heavy (non-hydrogen) atoms. The SMILES string of the molecule is CCC(O)(c1ccccc1)N1C(=O)c2ccccc2C1=O. The number of amides is 2. The molecule has 106 valence electrons. The fourth-order valence-electron chi connectivity index (χ4n) is 2.72. The van der Waals surface area contributed by atoms with Crippen LogP contribution in [-0.4, -0.2) is 21.8 Å². The summed E-state index contributed by atoms with van der Waals surface area (Å²) in [5, 5.41) is 11.0. The summed E-state index contributed by atoms with van der Waals surface area (Å²) in [5.74, 6) is -0.910. The number of benzene rings is 2. The molecule has 1 aliphatic heterocycles. The Morgan fingerprint density at radius 2 is 1.38 bits per heavy atom. The van der Waals surface area contributed by atoms with Crippen molar-refractivity contribution in [3.63, 3.8) is 0 Å². The Kier molecular flexibility index (Phi) is 3.11. The molecule has 0 saturated carbocycles. The largest absolute Gasteiger partial charge is 0.366 e. The first-order valence-electron chi connectivity index (χ1n) is 6.85. The maximum atomic E-state index is 12.5. The van der Waals surface area contributed by atoms with Gasteiger partial charge >= 0.3 is 0 Å². The summed E-state index contributed by atoms with van der Waals surface area (Å²) in [7, 11) is 0. The minimum atomic E-state index is -1.63. The number of aliphatic hydroxyl groups is 1. The molecule has 0 spiro atoms. The van der Waals surface area contributed by atoms with Crippen molar-refractivity contribution in [2.24, 2.45) is 0 Å². The number of hydrogen-bond acceptors (Lipinski definition) is 3. The molecule has 2 amide bonds. The highest BCUT2D eigenvalue weighted by Gasteiger charge is 2.48. The molecule has 4 heteroatoms. The molecule has 3 rings (SSSR count). The third-order valence-corrected chi connectivity index (χ3v) is 3.89. The van der Waals surface area contributed by atoms with Gasteiger partial charge in [-0.05, 0) is 18.6 Å². The highest BCUT2D eigenvalue weighted by Crippen LogP contribution is 2.36. The number of carbonyl (C=O) groups excluding carboxylic acids is 2. The molecular weight excluding hydrogens is 266 g/mol. The average molecular weight is 281 g/mol. The Bertz CT molecular complexity index is 676. The molecule has 0 bridgehead atoms. The second kappa shape index (κ2) is 4.82. The Morgan fingerprint density at radius 3 is 1.86 bits per heavy atom. The van der Waals surface area contributed by atoms with Crippen LogP contribution in [-0.2, 0) is 5.72 Å². The summed E-state index contributed by atoms with van der Waals surface area (Å²) in [6.45, 7) is 1.75. The summed E-state index contributed by atoms with van der Waals surface area (Å²) < 4.78 is 0. The Balaban J connectivity index is 2.12. The average Bonchev–Trinajstić information content (AvgIpc) is 2.80. The second-order valence-electron chi connectivity index (χ2n) is 5.03. The van der Waals surface area contributed by atoms with Gasteiger partial charge in [0.2, 0.25) is 0 Å². The van der Waals surface area contributed by atoms with Crippen molar-refractivity contribution in [1.29, 1.82) is 0 Å². The molecule has 0 fully saturated rings. The number of carbonyl (C=O) groups is 2. The molecule has 0 aliphatic carbocycles. The van der Waals surface area contributed by atoms with Gasteiger partial charge in [0.05, 0.1) is 11.1 Å². The summed E-state index contributed by atoms with van der Waals surface area (Å²) in [6, 6.07) is 15.4. The van der Waals surface area contributed by atoms with Gasteiger partial charge in [-0.25, -0.2) is 4.90 Å². The molecule has 1 atom stereocenters. The first kappa shape index (κ1) is 13.5. The molecular formula is C17H15NO3. The van der Waals surface area contributed by atoms with Crippen LogP contribution in [0.15, 0.2) is 54.6 Å². The molecule has 1 N–H and O–H groups in total. The van der Waals surface area contributed by atoms with E-state index in [9.17, 15) is 14.7 Å². The predicted molar refractivity (Wildman–Crippen MR) is 77.6 cm³/mol. The van der Waals surface area contributed by atoms with Crippen molar-refractivity contribution in [2.75, 3.05) is 0 Å². The highest BCUT2D eigenvalue weighted by molar-refractivity contribution is 6.21. The minimum Gasteiger partial charge on any atom is -0.366 e. The Labute approximate surface area is 122 Å². The molecule has 2 aromatic carbocycles. The number of nitrogens with zero attached hydrogens (tertiary/aromatic N) is 1. The fourth-order valence-corrected chi connectivity index (χ4v) is 2.72. The Morgan fingerprint density at radius 1 is 0.905 bits per heavy atom. The molecule has 0 radical (unpaired) electrons. The molecule has 1 aliphatic rings. The van der Waals surface area contributed by atoms with E-state index in [1.54, 1.807) is 55.5 Å². The van der Waals surface area contributed by atoms with E-state index in [-0.39, 0.29) is 6.42 Å². The van der Waals surface area contributed by atoms with Crippen molar-refractivity contribution in [3.8, 4) is 0 Å². The molecule has 2 aromatic rings. The third-order valence-electron chi connectivity index (χ3n) is 3.89. The lowest BCUT2D eigenvalue weighted by Gasteiger charge is -2.35.